The minimum atomic E-state index is -0.0368. The Balaban J connectivity index is 1.49. The van der Waals surface area contributed by atoms with Crippen LogP contribution in [0.4, 0.5) is 5.13 Å². The zero-order valence-electron chi connectivity index (χ0n) is 19.9. The van der Waals surface area contributed by atoms with Crippen molar-refractivity contribution in [2.24, 2.45) is 0 Å². The normalized spacial score (nSPS) is 15.5. The van der Waals surface area contributed by atoms with Crippen molar-refractivity contribution in [3.8, 4) is 5.75 Å². The van der Waals surface area contributed by atoms with Crippen molar-refractivity contribution in [3.63, 3.8) is 0 Å². The summed E-state index contributed by atoms with van der Waals surface area (Å²) in [7, 11) is 0. The molecule has 0 aliphatic carbocycles. The maximum absolute atomic E-state index is 14.0. The van der Waals surface area contributed by atoms with E-state index in [9.17, 15) is 4.79 Å². The van der Waals surface area contributed by atoms with Crippen LogP contribution in [0.2, 0.25) is 0 Å². The molecule has 0 N–H and O–H groups in total. The highest BCUT2D eigenvalue weighted by atomic mass is 32.1. The predicted molar refractivity (Wildman–Crippen MR) is 141 cm³/mol. The first-order valence-electron chi connectivity index (χ1n) is 12.3. The molecular formula is C29H30N2O3S. The van der Waals surface area contributed by atoms with E-state index in [-0.39, 0.29) is 17.9 Å². The average molecular weight is 487 g/mol. The largest absolute Gasteiger partial charge is 0.492 e. The van der Waals surface area contributed by atoms with E-state index in [2.05, 4.69) is 24.3 Å². The van der Waals surface area contributed by atoms with Crippen LogP contribution in [0.15, 0.2) is 78.9 Å². The van der Waals surface area contributed by atoms with E-state index in [0.29, 0.717) is 24.7 Å². The fourth-order valence-electron chi connectivity index (χ4n) is 4.66. The Morgan fingerprint density at radius 1 is 1.06 bits per heavy atom. The second-order valence-corrected chi connectivity index (χ2v) is 9.76. The maximum Gasteiger partial charge on any atom is 0.229 e. The van der Waals surface area contributed by atoms with Crippen molar-refractivity contribution in [1.82, 2.24) is 4.98 Å². The van der Waals surface area contributed by atoms with Crippen LogP contribution in [0.25, 0.3) is 10.2 Å². The third-order valence-electron chi connectivity index (χ3n) is 6.40. The fourth-order valence-corrected chi connectivity index (χ4v) is 5.67. The van der Waals surface area contributed by atoms with E-state index in [4.69, 9.17) is 14.5 Å². The first-order valence-corrected chi connectivity index (χ1v) is 13.1. The van der Waals surface area contributed by atoms with Crippen LogP contribution in [-0.2, 0) is 9.53 Å². The number of anilines is 1. The molecule has 0 saturated carbocycles. The third-order valence-corrected chi connectivity index (χ3v) is 7.44. The minimum Gasteiger partial charge on any atom is -0.492 e. The van der Waals surface area contributed by atoms with Gasteiger partial charge in [-0.15, -0.1) is 0 Å². The Hall–Kier alpha value is -3.22. The van der Waals surface area contributed by atoms with Gasteiger partial charge in [0, 0.05) is 18.9 Å². The zero-order chi connectivity index (χ0) is 24.0. The summed E-state index contributed by atoms with van der Waals surface area (Å²) in [4.78, 5) is 20.7. The van der Waals surface area contributed by atoms with Crippen molar-refractivity contribution < 1.29 is 14.3 Å². The molecular weight excluding hydrogens is 456 g/mol. The van der Waals surface area contributed by atoms with Crippen molar-refractivity contribution in [1.29, 1.82) is 0 Å². The molecule has 0 radical (unpaired) electrons. The summed E-state index contributed by atoms with van der Waals surface area (Å²) in [5, 5.41) is 0.701. The van der Waals surface area contributed by atoms with Gasteiger partial charge in [0.2, 0.25) is 5.91 Å². The second-order valence-electron chi connectivity index (χ2n) is 8.75. The summed E-state index contributed by atoms with van der Waals surface area (Å²) in [6.07, 6.45) is 2.37. The van der Waals surface area contributed by atoms with Crippen LogP contribution >= 0.6 is 11.3 Å². The molecule has 0 spiro atoms. The lowest BCUT2D eigenvalue weighted by Crippen LogP contribution is -2.38. The lowest BCUT2D eigenvalue weighted by molar-refractivity contribution is -0.119. The van der Waals surface area contributed by atoms with Gasteiger partial charge in [-0.2, -0.15) is 0 Å². The lowest BCUT2D eigenvalue weighted by Gasteiger charge is -2.26. The second kappa shape index (κ2) is 11.0. The number of benzene rings is 3. The van der Waals surface area contributed by atoms with Gasteiger partial charge in [0.25, 0.3) is 0 Å². The van der Waals surface area contributed by atoms with Crippen LogP contribution in [0.1, 0.15) is 43.2 Å². The monoisotopic (exact) mass is 486 g/mol. The summed E-state index contributed by atoms with van der Waals surface area (Å²) < 4.78 is 12.7. The molecule has 5 nitrogen and oxygen atoms in total. The van der Waals surface area contributed by atoms with E-state index in [1.807, 2.05) is 66.4 Å². The van der Waals surface area contributed by atoms with Crippen molar-refractivity contribution >= 4 is 32.6 Å². The Morgan fingerprint density at radius 2 is 1.77 bits per heavy atom. The molecule has 1 amide bonds. The van der Waals surface area contributed by atoms with Gasteiger partial charge in [-0.25, -0.2) is 4.98 Å². The first-order chi connectivity index (χ1) is 17.2. The molecule has 180 valence electrons. The number of amides is 1. The average Bonchev–Trinajstić information content (AvgIpc) is 3.57. The standard InChI is InChI=1S/C29H30N2O3S/c1-2-33-25-16-9-17-26-28(25)30-29(35-26)31(20-23-15-10-18-34-23)27(32)19-24(21-11-5-3-6-12-21)22-13-7-4-8-14-22/h3-9,11-14,16-17,23-24H,2,10,15,18-20H2,1H3. The molecule has 35 heavy (non-hydrogen) atoms. The molecule has 5 rings (SSSR count). The molecule has 1 unspecified atom stereocenters. The number of hydrogen-bond acceptors (Lipinski definition) is 5. The molecule has 3 aromatic carbocycles. The first kappa shape index (κ1) is 23.5. The van der Waals surface area contributed by atoms with Crippen LogP contribution in [0.5, 0.6) is 5.75 Å². The molecule has 0 bridgehead atoms. The number of fused-ring (bicyclic) bond motifs is 1. The number of carbonyl (C=O) groups is 1. The van der Waals surface area contributed by atoms with Gasteiger partial charge in [0.15, 0.2) is 5.13 Å². The number of aromatic nitrogens is 1. The molecule has 1 aromatic heterocycles. The lowest BCUT2D eigenvalue weighted by atomic mass is 9.88. The van der Waals surface area contributed by atoms with Gasteiger partial charge in [-0.05, 0) is 43.0 Å². The maximum atomic E-state index is 14.0. The molecule has 1 atom stereocenters. The number of thiazole rings is 1. The van der Waals surface area contributed by atoms with E-state index in [0.717, 1.165) is 46.5 Å². The topological polar surface area (TPSA) is 51.7 Å². The number of rotatable bonds is 9. The summed E-state index contributed by atoms with van der Waals surface area (Å²) in [5.74, 6) is 0.768. The number of nitrogens with zero attached hydrogens (tertiary/aromatic N) is 2. The molecule has 2 heterocycles. The molecule has 1 aliphatic heterocycles. The van der Waals surface area contributed by atoms with Crippen molar-refractivity contribution in [3.05, 3.63) is 90.0 Å². The SMILES string of the molecule is CCOc1cccc2sc(N(CC3CCCO3)C(=O)CC(c3ccccc3)c3ccccc3)nc12. The van der Waals surface area contributed by atoms with E-state index >= 15 is 0 Å². The summed E-state index contributed by atoms with van der Waals surface area (Å²) in [6, 6.07) is 26.5. The number of hydrogen-bond donors (Lipinski definition) is 0. The van der Waals surface area contributed by atoms with Gasteiger partial charge in [0.05, 0.1) is 24.0 Å². The van der Waals surface area contributed by atoms with E-state index < -0.39 is 0 Å². The summed E-state index contributed by atoms with van der Waals surface area (Å²) in [5.41, 5.74) is 3.07. The smallest absolute Gasteiger partial charge is 0.229 e. The third kappa shape index (κ3) is 5.39. The van der Waals surface area contributed by atoms with Crippen LogP contribution in [-0.4, -0.2) is 36.8 Å². The predicted octanol–water partition coefficient (Wildman–Crippen LogP) is 6.43. The Kier molecular flexibility index (Phi) is 7.40. The quantitative estimate of drug-likeness (QED) is 0.274. The Labute approximate surface area is 210 Å². The molecule has 1 fully saturated rings. The van der Waals surface area contributed by atoms with Gasteiger partial charge in [-0.3, -0.25) is 9.69 Å². The van der Waals surface area contributed by atoms with Crippen LogP contribution in [0, 0.1) is 0 Å². The van der Waals surface area contributed by atoms with Crippen molar-refractivity contribution in [2.75, 3.05) is 24.7 Å². The van der Waals surface area contributed by atoms with Gasteiger partial charge in [-0.1, -0.05) is 78.1 Å². The van der Waals surface area contributed by atoms with Crippen LogP contribution in [0.3, 0.4) is 0 Å². The van der Waals surface area contributed by atoms with Gasteiger partial charge < -0.3 is 9.47 Å². The summed E-state index contributed by atoms with van der Waals surface area (Å²) in [6.45, 7) is 3.80. The fraction of sp³-hybridized carbons (Fsp3) is 0.310. The van der Waals surface area contributed by atoms with Crippen LogP contribution < -0.4 is 9.64 Å². The molecule has 1 saturated heterocycles. The number of ether oxygens (including phenoxy) is 2. The highest BCUT2D eigenvalue weighted by Crippen LogP contribution is 2.36. The van der Waals surface area contributed by atoms with Gasteiger partial charge >= 0.3 is 0 Å². The summed E-state index contributed by atoms with van der Waals surface area (Å²) >= 11 is 1.53. The van der Waals surface area contributed by atoms with Crippen molar-refractivity contribution in [2.45, 2.75) is 38.2 Å². The molecule has 6 heteroatoms. The highest BCUT2D eigenvalue weighted by Gasteiger charge is 2.29. The number of para-hydroxylation sites is 1. The van der Waals surface area contributed by atoms with Gasteiger partial charge in [0.1, 0.15) is 11.3 Å². The highest BCUT2D eigenvalue weighted by molar-refractivity contribution is 7.22. The molecule has 4 aromatic rings. The van der Waals surface area contributed by atoms with E-state index in [1.165, 1.54) is 11.3 Å². The zero-order valence-corrected chi connectivity index (χ0v) is 20.7. The Morgan fingerprint density at radius 3 is 2.40 bits per heavy atom. The minimum absolute atomic E-state index is 0.0317. The number of carbonyl (C=O) groups excluding carboxylic acids is 1. The molecule has 1 aliphatic rings. The van der Waals surface area contributed by atoms with E-state index in [1.54, 1.807) is 0 Å². The Bertz CT molecular complexity index is 1210.